The molecule has 5 nitrogen and oxygen atoms in total. The number of aliphatic hydroxyl groups is 5. The van der Waals surface area contributed by atoms with Crippen LogP contribution in [-0.2, 0) is 0 Å². The van der Waals surface area contributed by atoms with Gasteiger partial charge in [-0.1, -0.05) is 0 Å². The van der Waals surface area contributed by atoms with Gasteiger partial charge in [0.05, 0.1) is 12.7 Å². The first-order valence-electron chi connectivity index (χ1n) is 3.85. The minimum absolute atomic E-state index is 0.0162. The van der Waals surface area contributed by atoms with E-state index in [4.69, 9.17) is 10.2 Å². The highest BCUT2D eigenvalue weighted by Gasteiger charge is 2.50. The van der Waals surface area contributed by atoms with Crippen molar-refractivity contribution in [3.05, 3.63) is 0 Å². The Morgan fingerprint density at radius 1 is 1.25 bits per heavy atom. The van der Waals surface area contributed by atoms with E-state index in [1.165, 1.54) is 0 Å². The Kier molecular flexibility index (Phi) is 2.70. The molecule has 0 saturated heterocycles. The third-order valence-corrected chi connectivity index (χ3v) is 2.48. The second-order valence-electron chi connectivity index (χ2n) is 3.34. The van der Waals surface area contributed by atoms with Crippen molar-refractivity contribution >= 4 is 0 Å². The summed E-state index contributed by atoms with van der Waals surface area (Å²) in [7, 11) is 0. The highest BCUT2D eigenvalue weighted by atomic mass is 16.4. The zero-order chi connectivity index (χ0) is 9.35. The Hall–Kier alpha value is -0.200. The van der Waals surface area contributed by atoms with Gasteiger partial charge in [0.15, 0.2) is 0 Å². The van der Waals surface area contributed by atoms with E-state index < -0.39 is 30.3 Å². The normalized spacial score (nSPS) is 48.2. The van der Waals surface area contributed by atoms with E-state index in [9.17, 15) is 15.3 Å². The standard InChI is InChI=1S/C7H14O5/c8-2-4-1-7(12,3-9)6(11)5(4)10/h4-6,8-12H,1-3H2/t4-,5-,6-,7-/m1/s1. The molecule has 1 aliphatic rings. The highest BCUT2D eigenvalue weighted by Crippen LogP contribution is 2.34. The molecule has 0 spiro atoms. The van der Waals surface area contributed by atoms with E-state index in [1.807, 2.05) is 0 Å². The lowest BCUT2D eigenvalue weighted by atomic mass is 10.0. The van der Waals surface area contributed by atoms with Gasteiger partial charge in [-0.25, -0.2) is 0 Å². The Labute approximate surface area is 69.9 Å². The van der Waals surface area contributed by atoms with Crippen LogP contribution in [0.2, 0.25) is 0 Å². The summed E-state index contributed by atoms with van der Waals surface area (Å²) in [5, 5.41) is 45.4. The molecule has 0 amide bonds. The minimum Gasteiger partial charge on any atom is -0.396 e. The summed E-state index contributed by atoms with van der Waals surface area (Å²) in [6.07, 6.45) is -2.52. The summed E-state index contributed by atoms with van der Waals surface area (Å²) in [5.74, 6) is -0.558. The number of rotatable bonds is 2. The van der Waals surface area contributed by atoms with Gasteiger partial charge in [0.2, 0.25) is 0 Å². The number of hydrogen-bond acceptors (Lipinski definition) is 5. The fraction of sp³-hybridized carbons (Fsp3) is 1.00. The first-order chi connectivity index (χ1) is 5.55. The predicted octanol–water partition coefficient (Wildman–Crippen LogP) is -2.56. The molecule has 0 aliphatic heterocycles. The highest BCUT2D eigenvalue weighted by molar-refractivity contribution is 5.01. The largest absolute Gasteiger partial charge is 0.396 e. The van der Waals surface area contributed by atoms with Crippen LogP contribution in [0.5, 0.6) is 0 Å². The van der Waals surface area contributed by atoms with Gasteiger partial charge in [-0.2, -0.15) is 0 Å². The molecule has 5 heteroatoms. The van der Waals surface area contributed by atoms with Crippen LogP contribution in [-0.4, -0.2) is 56.6 Å². The number of hydrogen-bond donors (Lipinski definition) is 5. The molecule has 72 valence electrons. The van der Waals surface area contributed by atoms with Gasteiger partial charge in [0.1, 0.15) is 11.7 Å². The molecule has 0 unspecified atom stereocenters. The maximum atomic E-state index is 9.47. The Morgan fingerprint density at radius 3 is 2.08 bits per heavy atom. The van der Waals surface area contributed by atoms with Gasteiger partial charge in [0, 0.05) is 12.5 Å². The van der Waals surface area contributed by atoms with E-state index >= 15 is 0 Å². The fourth-order valence-corrected chi connectivity index (χ4v) is 1.60. The lowest BCUT2D eigenvalue weighted by Crippen LogP contribution is -2.45. The van der Waals surface area contributed by atoms with Crippen LogP contribution in [0.15, 0.2) is 0 Å². The van der Waals surface area contributed by atoms with Gasteiger partial charge in [-0.05, 0) is 6.42 Å². The van der Waals surface area contributed by atoms with Crippen LogP contribution < -0.4 is 0 Å². The van der Waals surface area contributed by atoms with E-state index in [0.717, 1.165) is 0 Å². The molecule has 0 bridgehead atoms. The topological polar surface area (TPSA) is 101 Å². The van der Waals surface area contributed by atoms with Gasteiger partial charge in [-0.15, -0.1) is 0 Å². The molecular weight excluding hydrogens is 164 g/mol. The summed E-state index contributed by atoms with van der Waals surface area (Å²) in [6, 6.07) is 0. The van der Waals surface area contributed by atoms with Gasteiger partial charge in [0.25, 0.3) is 0 Å². The van der Waals surface area contributed by atoms with E-state index in [1.54, 1.807) is 0 Å². The molecule has 12 heavy (non-hydrogen) atoms. The maximum absolute atomic E-state index is 9.47. The quantitative estimate of drug-likeness (QED) is 0.320. The van der Waals surface area contributed by atoms with Crippen LogP contribution in [0.25, 0.3) is 0 Å². The van der Waals surface area contributed by atoms with E-state index in [2.05, 4.69) is 0 Å². The van der Waals surface area contributed by atoms with Crippen molar-refractivity contribution in [2.45, 2.75) is 24.2 Å². The molecule has 1 saturated carbocycles. The van der Waals surface area contributed by atoms with Crippen LogP contribution in [0.4, 0.5) is 0 Å². The van der Waals surface area contributed by atoms with Crippen LogP contribution in [0, 0.1) is 5.92 Å². The average molecular weight is 178 g/mol. The van der Waals surface area contributed by atoms with Crippen molar-refractivity contribution in [3.63, 3.8) is 0 Å². The zero-order valence-corrected chi connectivity index (χ0v) is 6.59. The summed E-state index contributed by atoms with van der Waals surface area (Å²) < 4.78 is 0. The van der Waals surface area contributed by atoms with Crippen molar-refractivity contribution in [1.29, 1.82) is 0 Å². The Morgan fingerprint density at radius 2 is 1.83 bits per heavy atom. The second kappa shape index (κ2) is 3.27. The molecule has 0 radical (unpaired) electrons. The second-order valence-corrected chi connectivity index (χ2v) is 3.34. The molecule has 1 aliphatic carbocycles. The van der Waals surface area contributed by atoms with Crippen LogP contribution in [0.3, 0.4) is 0 Å². The van der Waals surface area contributed by atoms with Gasteiger partial charge < -0.3 is 25.5 Å². The summed E-state index contributed by atoms with van der Waals surface area (Å²) >= 11 is 0. The summed E-state index contributed by atoms with van der Waals surface area (Å²) in [6.45, 7) is -0.914. The molecule has 4 atom stereocenters. The Bertz CT molecular complexity index is 162. The first kappa shape index (κ1) is 9.88. The van der Waals surface area contributed by atoms with E-state index in [-0.39, 0.29) is 13.0 Å². The molecule has 0 aromatic rings. The minimum atomic E-state index is -1.66. The number of aliphatic hydroxyl groups excluding tert-OH is 4. The van der Waals surface area contributed by atoms with Crippen molar-refractivity contribution in [2.24, 2.45) is 5.92 Å². The summed E-state index contributed by atoms with van der Waals surface area (Å²) in [5.41, 5.74) is -1.66. The summed E-state index contributed by atoms with van der Waals surface area (Å²) in [4.78, 5) is 0. The van der Waals surface area contributed by atoms with Crippen molar-refractivity contribution in [2.75, 3.05) is 13.2 Å². The van der Waals surface area contributed by atoms with Gasteiger partial charge in [-0.3, -0.25) is 0 Å². The SMILES string of the molecule is OC[C@H]1C[C@@](O)(CO)[C@H](O)[C@@H]1O. The predicted molar refractivity (Wildman–Crippen MR) is 39.2 cm³/mol. The molecular formula is C7H14O5. The third kappa shape index (κ3) is 1.34. The molecule has 0 heterocycles. The fourth-order valence-electron chi connectivity index (χ4n) is 1.60. The monoisotopic (exact) mass is 178 g/mol. The van der Waals surface area contributed by atoms with Crippen molar-refractivity contribution in [3.8, 4) is 0 Å². The first-order valence-corrected chi connectivity index (χ1v) is 3.85. The third-order valence-electron chi connectivity index (χ3n) is 2.48. The maximum Gasteiger partial charge on any atom is 0.116 e. The molecule has 5 N–H and O–H groups in total. The van der Waals surface area contributed by atoms with Crippen LogP contribution in [0.1, 0.15) is 6.42 Å². The molecule has 1 rings (SSSR count). The zero-order valence-electron chi connectivity index (χ0n) is 6.59. The van der Waals surface area contributed by atoms with Gasteiger partial charge >= 0.3 is 0 Å². The lowest BCUT2D eigenvalue weighted by molar-refractivity contribution is -0.111. The van der Waals surface area contributed by atoms with Crippen LogP contribution >= 0.6 is 0 Å². The Balaban J connectivity index is 2.72. The van der Waals surface area contributed by atoms with Crippen molar-refractivity contribution < 1.29 is 25.5 Å². The lowest BCUT2D eigenvalue weighted by Gasteiger charge is -2.24. The molecule has 1 fully saturated rings. The average Bonchev–Trinajstić information content (AvgIpc) is 2.31. The molecule has 0 aromatic heterocycles. The molecule has 0 aromatic carbocycles. The van der Waals surface area contributed by atoms with Crippen molar-refractivity contribution in [1.82, 2.24) is 0 Å². The van der Waals surface area contributed by atoms with E-state index in [0.29, 0.717) is 0 Å². The smallest absolute Gasteiger partial charge is 0.116 e.